The monoisotopic (exact) mass is 248 g/mol. The van der Waals surface area contributed by atoms with Gasteiger partial charge in [-0.2, -0.15) is 26.3 Å². The lowest BCUT2D eigenvalue weighted by Crippen LogP contribution is -2.40. The third-order valence-corrected chi connectivity index (χ3v) is 2.59. The van der Waals surface area contributed by atoms with Gasteiger partial charge in [0.1, 0.15) is 0 Å². The van der Waals surface area contributed by atoms with Gasteiger partial charge in [0.25, 0.3) is 10.1 Å². The van der Waals surface area contributed by atoms with E-state index < -0.39 is 22.5 Å². The molecule has 0 spiro atoms. The fourth-order valence-corrected chi connectivity index (χ4v) is 1.13. The van der Waals surface area contributed by atoms with E-state index in [0.29, 0.717) is 0 Å². The minimum absolute atomic E-state index is 3.30. The molecule has 0 bridgehead atoms. The first-order valence-electron chi connectivity index (χ1n) is 2.67. The molecule has 0 aromatic carbocycles. The predicted octanol–water partition coefficient (Wildman–Crippen LogP) is 3.01. The largest absolute Gasteiger partial charge is 0.436 e. The summed E-state index contributed by atoms with van der Waals surface area (Å²) in [7, 11) is 0. The fraction of sp³-hybridized carbons (Fsp3) is 1.00. The summed E-state index contributed by atoms with van der Waals surface area (Å²) in [5.74, 6) is 0. The summed E-state index contributed by atoms with van der Waals surface area (Å²) in [6.07, 6.45) is -10.7. The molecule has 2 atom stereocenters. The van der Waals surface area contributed by atoms with Crippen LogP contribution < -0.4 is 0 Å². The van der Waals surface area contributed by atoms with Gasteiger partial charge in [0.05, 0.1) is 0 Å². The molecule has 1 saturated heterocycles. The molecule has 0 saturated carbocycles. The highest BCUT2D eigenvalue weighted by Crippen LogP contribution is 2.68. The van der Waals surface area contributed by atoms with Gasteiger partial charge in [0, 0.05) is 0 Å². The molecule has 0 amide bonds. The van der Waals surface area contributed by atoms with E-state index >= 15 is 0 Å². The van der Waals surface area contributed by atoms with E-state index in [1.54, 1.807) is 0 Å². The van der Waals surface area contributed by atoms with Crippen LogP contribution in [-0.2, 0) is 4.74 Å². The predicted molar refractivity (Wildman–Crippen MR) is 30.4 cm³/mol. The summed E-state index contributed by atoms with van der Waals surface area (Å²) >= 11 is 9.03. The molecule has 0 aromatic rings. The molecule has 0 aromatic heterocycles. The van der Waals surface area contributed by atoms with Crippen LogP contribution >= 0.6 is 23.2 Å². The summed E-state index contributed by atoms with van der Waals surface area (Å²) in [6.45, 7) is 0. The number of alkyl halides is 8. The topological polar surface area (TPSA) is 12.5 Å². The Bertz CT molecular complexity index is 212. The molecule has 1 heterocycles. The van der Waals surface area contributed by atoms with Gasteiger partial charge >= 0.3 is 12.4 Å². The Morgan fingerprint density at radius 3 is 1.08 bits per heavy atom. The average molecular weight is 249 g/mol. The number of rotatable bonds is 0. The second-order valence-corrected chi connectivity index (χ2v) is 3.35. The number of ether oxygens (including phenoxy) is 1. The number of hydrogen-bond acceptors (Lipinski definition) is 1. The van der Waals surface area contributed by atoms with Crippen molar-refractivity contribution in [3.8, 4) is 0 Å². The lowest BCUT2D eigenvalue weighted by Gasteiger charge is -2.14. The molecule has 1 fully saturated rings. The molecule has 0 unspecified atom stereocenters. The van der Waals surface area contributed by atoms with Gasteiger partial charge < -0.3 is 4.74 Å². The second-order valence-electron chi connectivity index (χ2n) is 2.29. The zero-order valence-corrected chi connectivity index (χ0v) is 6.94. The Kier molecular flexibility index (Phi) is 2.05. The van der Waals surface area contributed by atoms with Crippen LogP contribution in [0.15, 0.2) is 0 Å². The first-order chi connectivity index (χ1) is 5.46. The van der Waals surface area contributed by atoms with E-state index in [4.69, 9.17) is 0 Å². The zero-order chi connectivity index (χ0) is 10.7. The Labute approximate surface area is 77.5 Å². The van der Waals surface area contributed by atoms with Gasteiger partial charge in [-0.3, -0.25) is 0 Å². The maximum Gasteiger partial charge on any atom is 0.436 e. The van der Waals surface area contributed by atoms with Crippen LogP contribution in [0.1, 0.15) is 0 Å². The average Bonchev–Trinajstić information content (AvgIpc) is 2.34. The quantitative estimate of drug-likeness (QED) is 0.365. The van der Waals surface area contributed by atoms with E-state index in [-0.39, 0.29) is 0 Å². The van der Waals surface area contributed by atoms with Crippen molar-refractivity contribution in [2.75, 3.05) is 0 Å². The van der Waals surface area contributed by atoms with Crippen molar-refractivity contribution in [3.05, 3.63) is 0 Å². The minimum atomic E-state index is -5.37. The maximum atomic E-state index is 11.8. The molecule has 9 heteroatoms. The molecule has 78 valence electrons. The van der Waals surface area contributed by atoms with E-state index in [9.17, 15) is 26.3 Å². The molecule has 0 radical (unpaired) electrons. The highest BCUT2D eigenvalue weighted by atomic mass is 35.5. The first kappa shape index (κ1) is 11.2. The van der Waals surface area contributed by atoms with Gasteiger partial charge in [-0.15, -0.1) is 0 Å². The summed E-state index contributed by atoms with van der Waals surface area (Å²) in [4.78, 5) is 0. The van der Waals surface area contributed by atoms with Crippen molar-refractivity contribution in [1.29, 1.82) is 0 Å². The van der Waals surface area contributed by atoms with E-state index in [1.165, 1.54) is 0 Å². The van der Waals surface area contributed by atoms with Crippen LogP contribution in [0.3, 0.4) is 0 Å². The second kappa shape index (κ2) is 2.38. The molecule has 1 rings (SSSR count). The van der Waals surface area contributed by atoms with Crippen LogP contribution in [0.25, 0.3) is 0 Å². The van der Waals surface area contributed by atoms with Gasteiger partial charge in [-0.25, -0.2) is 0 Å². The van der Waals surface area contributed by atoms with Crippen LogP contribution in [-0.4, -0.2) is 22.5 Å². The van der Waals surface area contributed by atoms with Gasteiger partial charge in [0.2, 0.25) is 0 Å². The third-order valence-electron chi connectivity index (χ3n) is 1.38. The smallest absolute Gasteiger partial charge is 0.313 e. The van der Waals surface area contributed by atoms with Crippen LogP contribution in [0.4, 0.5) is 26.3 Å². The zero-order valence-electron chi connectivity index (χ0n) is 5.43. The van der Waals surface area contributed by atoms with E-state index in [2.05, 4.69) is 27.9 Å². The minimum Gasteiger partial charge on any atom is -0.313 e. The van der Waals surface area contributed by atoms with Crippen molar-refractivity contribution < 1.29 is 31.1 Å². The first-order valence-corrected chi connectivity index (χ1v) is 3.43. The normalized spacial score (nSPS) is 40.6. The molecule has 13 heavy (non-hydrogen) atoms. The van der Waals surface area contributed by atoms with E-state index in [1.807, 2.05) is 0 Å². The summed E-state index contributed by atoms with van der Waals surface area (Å²) in [5, 5.41) is -7.72. The van der Waals surface area contributed by atoms with Crippen molar-refractivity contribution in [1.82, 2.24) is 0 Å². The SMILES string of the molecule is FC(F)(F)[C@]1(Cl)O[C@@]1(Cl)C(F)(F)F. The number of epoxide rings is 1. The summed E-state index contributed by atoms with van der Waals surface area (Å²) in [5.41, 5.74) is 0. The van der Waals surface area contributed by atoms with E-state index in [0.717, 1.165) is 0 Å². The maximum absolute atomic E-state index is 11.8. The number of hydrogen-bond donors (Lipinski definition) is 0. The van der Waals surface area contributed by atoms with Gasteiger partial charge in [-0.1, -0.05) is 23.2 Å². The van der Waals surface area contributed by atoms with Crippen molar-refractivity contribution in [3.63, 3.8) is 0 Å². The lowest BCUT2D eigenvalue weighted by molar-refractivity contribution is -0.176. The van der Waals surface area contributed by atoms with Crippen molar-refractivity contribution >= 4 is 23.2 Å². The summed E-state index contributed by atoms with van der Waals surface area (Å²) in [6, 6.07) is 0. The Balaban J connectivity index is 2.95. The molecule has 0 aliphatic carbocycles. The standard InChI is InChI=1S/C4Cl2F6O/c5-1(3(7,8)9)2(6,13-1)4(10,11)12/t1-,2-/m1/s1. The molecule has 1 aliphatic rings. The lowest BCUT2D eigenvalue weighted by atomic mass is 10.3. The van der Waals surface area contributed by atoms with Crippen molar-refractivity contribution in [2.24, 2.45) is 0 Å². The molecule has 0 N–H and O–H groups in total. The molecular formula is C4Cl2F6O. The fourth-order valence-electron chi connectivity index (χ4n) is 0.649. The van der Waals surface area contributed by atoms with Gasteiger partial charge in [0.15, 0.2) is 0 Å². The highest BCUT2D eigenvalue weighted by molar-refractivity contribution is 6.37. The molecule has 1 nitrogen and oxygen atoms in total. The Morgan fingerprint density at radius 2 is 1.00 bits per heavy atom. The van der Waals surface area contributed by atoms with Gasteiger partial charge in [-0.05, 0) is 0 Å². The van der Waals surface area contributed by atoms with Crippen LogP contribution in [0, 0.1) is 0 Å². The summed E-state index contributed by atoms with van der Waals surface area (Å²) < 4.78 is 74.2. The van der Waals surface area contributed by atoms with Crippen LogP contribution in [0.2, 0.25) is 0 Å². The van der Waals surface area contributed by atoms with Crippen molar-refractivity contribution in [2.45, 2.75) is 22.5 Å². The Morgan fingerprint density at radius 1 is 0.769 bits per heavy atom. The third kappa shape index (κ3) is 1.28. The molecular weight excluding hydrogens is 249 g/mol. The number of halogens is 8. The Hall–Kier alpha value is 0.120. The van der Waals surface area contributed by atoms with Crippen LogP contribution in [0.5, 0.6) is 0 Å². The highest BCUT2D eigenvalue weighted by Gasteiger charge is 2.92. The molecule has 1 aliphatic heterocycles.